The molecule has 1 aliphatic rings. The van der Waals surface area contributed by atoms with Crippen LogP contribution in [0.1, 0.15) is 42.7 Å². The lowest BCUT2D eigenvalue weighted by Crippen LogP contribution is -2.36. The van der Waals surface area contributed by atoms with E-state index < -0.39 is 5.97 Å². The van der Waals surface area contributed by atoms with Crippen LogP contribution in [0.2, 0.25) is 0 Å². The van der Waals surface area contributed by atoms with Crippen molar-refractivity contribution in [2.45, 2.75) is 31.6 Å². The predicted molar refractivity (Wildman–Crippen MR) is 101 cm³/mol. The molecule has 0 aromatic heterocycles. The zero-order chi connectivity index (χ0) is 19.2. The van der Waals surface area contributed by atoms with Crippen molar-refractivity contribution in [3.05, 3.63) is 71.3 Å². The molecule has 5 heteroatoms. The first-order valence-electron chi connectivity index (χ1n) is 9.49. The summed E-state index contributed by atoms with van der Waals surface area (Å²) in [5.74, 6) is -1.35. The number of carboxylic acid groups (broad SMARTS) is 1. The van der Waals surface area contributed by atoms with Crippen molar-refractivity contribution in [1.29, 1.82) is 0 Å². The number of carbonyl (C=O) groups is 1. The van der Waals surface area contributed by atoms with Gasteiger partial charge in [0.15, 0.2) is 0 Å². The second kappa shape index (κ2) is 9.09. The molecule has 0 bridgehead atoms. The van der Waals surface area contributed by atoms with Crippen LogP contribution in [-0.4, -0.2) is 35.6 Å². The van der Waals surface area contributed by atoms with Crippen LogP contribution >= 0.6 is 0 Å². The third-order valence-electron chi connectivity index (χ3n) is 5.45. The van der Waals surface area contributed by atoms with E-state index >= 15 is 0 Å². The number of likely N-dealkylation sites (tertiary alicyclic amines) is 1. The molecule has 0 radical (unpaired) electrons. The molecule has 27 heavy (non-hydrogen) atoms. The number of rotatable bonds is 7. The average molecular weight is 373 g/mol. The minimum Gasteiger partial charge on any atom is -0.481 e. The fraction of sp³-hybridized carbons (Fsp3) is 0.409. The van der Waals surface area contributed by atoms with Gasteiger partial charge in [0.25, 0.3) is 0 Å². The Balaban J connectivity index is 1.61. The van der Waals surface area contributed by atoms with Gasteiger partial charge in [0, 0.05) is 5.92 Å². The van der Waals surface area contributed by atoms with Gasteiger partial charge in [-0.1, -0.05) is 24.3 Å². The number of aliphatic carboxylic acids is 1. The Morgan fingerprint density at radius 3 is 1.89 bits per heavy atom. The molecule has 1 N–H and O–H groups in total. The molecule has 3 rings (SSSR count). The lowest BCUT2D eigenvalue weighted by Gasteiger charge is -2.30. The van der Waals surface area contributed by atoms with Crippen molar-refractivity contribution < 1.29 is 18.7 Å². The van der Waals surface area contributed by atoms with Crippen molar-refractivity contribution in [3.63, 3.8) is 0 Å². The van der Waals surface area contributed by atoms with Gasteiger partial charge in [-0.3, -0.25) is 4.79 Å². The normalized spacial score (nSPS) is 16.0. The largest absolute Gasteiger partial charge is 0.481 e. The lowest BCUT2D eigenvalue weighted by molar-refractivity contribution is -0.143. The number of piperidine rings is 1. The maximum atomic E-state index is 13.3. The Labute approximate surface area is 158 Å². The fourth-order valence-electron chi connectivity index (χ4n) is 3.84. The quantitative estimate of drug-likeness (QED) is 0.766. The van der Waals surface area contributed by atoms with E-state index in [4.69, 9.17) is 5.11 Å². The summed E-state index contributed by atoms with van der Waals surface area (Å²) in [5, 5.41) is 9.09. The van der Waals surface area contributed by atoms with E-state index in [-0.39, 0.29) is 23.5 Å². The Kier molecular flexibility index (Phi) is 6.56. The highest BCUT2D eigenvalue weighted by molar-refractivity contribution is 5.70. The monoisotopic (exact) mass is 373 g/mol. The molecule has 1 aliphatic heterocycles. The second-order valence-corrected chi connectivity index (χ2v) is 7.25. The highest BCUT2D eigenvalue weighted by atomic mass is 19.1. The van der Waals surface area contributed by atoms with Gasteiger partial charge in [0.05, 0.1) is 5.92 Å². The van der Waals surface area contributed by atoms with E-state index in [1.807, 2.05) is 0 Å². The highest BCUT2D eigenvalue weighted by Gasteiger charge is 2.24. The van der Waals surface area contributed by atoms with Gasteiger partial charge >= 0.3 is 5.97 Å². The van der Waals surface area contributed by atoms with E-state index in [1.165, 1.54) is 24.3 Å². The van der Waals surface area contributed by atoms with Crippen molar-refractivity contribution >= 4 is 5.97 Å². The van der Waals surface area contributed by atoms with E-state index in [0.717, 1.165) is 43.6 Å². The lowest BCUT2D eigenvalue weighted by atomic mass is 9.87. The number of hydrogen-bond donors (Lipinski definition) is 1. The molecule has 0 unspecified atom stereocenters. The van der Waals surface area contributed by atoms with Gasteiger partial charge in [0.1, 0.15) is 11.6 Å². The number of carboxylic acids is 1. The van der Waals surface area contributed by atoms with Crippen LogP contribution in [0.25, 0.3) is 0 Å². The summed E-state index contributed by atoms with van der Waals surface area (Å²) in [6.07, 6.45) is 3.22. The third-order valence-corrected chi connectivity index (χ3v) is 5.45. The van der Waals surface area contributed by atoms with E-state index in [0.29, 0.717) is 12.8 Å². The molecule has 0 aliphatic carbocycles. The molecule has 1 heterocycles. The minimum atomic E-state index is -0.692. The molecule has 0 saturated carbocycles. The van der Waals surface area contributed by atoms with Gasteiger partial charge in [-0.05, 0) is 80.7 Å². The molecular weight excluding hydrogens is 348 g/mol. The van der Waals surface area contributed by atoms with Crippen molar-refractivity contribution in [1.82, 2.24) is 4.90 Å². The minimum absolute atomic E-state index is 0.0859. The Hall–Kier alpha value is -2.27. The summed E-state index contributed by atoms with van der Waals surface area (Å²) in [6, 6.07) is 13.0. The van der Waals surface area contributed by atoms with Gasteiger partial charge < -0.3 is 10.0 Å². The van der Waals surface area contributed by atoms with E-state index in [1.54, 1.807) is 24.3 Å². The molecule has 2 aromatic rings. The van der Waals surface area contributed by atoms with Gasteiger partial charge in [-0.15, -0.1) is 0 Å². The SMILES string of the molecule is O=C(O)C1CCN(CCCC(c2ccc(F)cc2)c2ccc(F)cc2)CC1. The van der Waals surface area contributed by atoms with Crippen LogP contribution in [0.15, 0.2) is 48.5 Å². The summed E-state index contributed by atoms with van der Waals surface area (Å²) in [5.41, 5.74) is 2.04. The molecule has 144 valence electrons. The van der Waals surface area contributed by atoms with Crippen LogP contribution in [0.5, 0.6) is 0 Å². The van der Waals surface area contributed by atoms with Crippen LogP contribution in [-0.2, 0) is 4.79 Å². The zero-order valence-electron chi connectivity index (χ0n) is 15.3. The maximum absolute atomic E-state index is 13.3. The van der Waals surface area contributed by atoms with Crippen LogP contribution in [0, 0.1) is 17.6 Å². The zero-order valence-corrected chi connectivity index (χ0v) is 15.3. The number of benzene rings is 2. The predicted octanol–water partition coefficient (Wildman–Crippen LogP) is 4.67. The van der Waals surface area contributed by atoms with Crippen LogP contribution in [0.4, 0.5) is 8.78 Å². The highest BCUT2D eigenvalue weighted by Crippen LogP contribution is 2.30. The van der Waals surface area contributed by atoms with E-state index in [2.05, 4.69) is 4.90 Å². The second-order valence-electron chi connectivity index (χ2n) is 7.25. The third kappa shape index (κ3) is 5.36. The molecule has 0 spiro atoms. The number of hydrogen-bond acceptors (Lipinski definition) is 2. The smallest absolute Gasteiger partial charge is 0.306 e. The van der Waals surface area contributed by atoms with E-state index in [9.17, 15) is 13.6 Å². The number of halogens is 2. The summed E-state index contributed by atoms with van der Waals surface area (Å²) < 4.78 is 26.6. The van der Waals surface area contributed by atoms with Crippen molar-refractivity contribution in [3.8, 4) is 0 Å². The van der Waals surface area contributed by atoms with Crippen molar-refractivity contribution in [2.24, 2.45) is 5.92 Å². The average Bonchev–Trinajstić information content (AvgIpc) is 2.67. The van der Waals surface area contributed by atoms with Crippen LogP contribution in [0.3, 0.4) is 0 Å². The first-order chi connectivity index (χ1) is 13.0. The molecular formula is C22H25F2NO2. The topological polar surface area (TPSA) is 40.5 Å². The molecule has 0 atom stereocenters. The molecule has 1 saturated heterocycles. The summed E-state index contributed by atoms with van der Waals surface area (Å²) in [4.78, 5) is 13.4. The summed E-state index contributed by atoms with van der Waals surface area (Å²) in [7, 11) is 0. The summed E-state index contributed by atoms with van der Waals surface area (Å²) in [6.45, 7) is 2.54. The Morgan fingerprint density at radius 1 is 0.963 bits per heavy atom. The molecule has 0 amide bonds. The standard InChI is InChI=1S/C22H25F2NO2/c23-19-7-3-16(4-8-19)21(17-5-9-20(24)10-6-17)2-1-13-25-14-11-18(12-15-25)22(26)27/h3-10,18,21H,1-2,11-15H2,(H,26,27). The van der Waals surface area contributed by atoms with Crippen LogP contribution < -0.4 is 0 Å². The molecule has 2 aromatic carbocycles. The Morgan fingerprint density at radius 2 is 1.44 bits per heavy atom. The Bertz CT molecular complexity index is 692. The molecule has 1 fully saturated rings. The molecule has 3 nitrogen and oxygen atoms in total. The summed E-state index contributed by atoms with van der Waals surface area (Å²) >= 11 is 0. The maximum Gasteiger partial charge on any atom is 0.306 e. The first-order valence-corrected chi connectivity index (χ1v) is 9.49. The van der Waals surface area contributed by atoms with Gasteiger partial charge in [-0.2, -0.15) is 0 Å². The fourth-order valence-corrected chi connectivity index (χ4v) is 3.84. The first kappa shape index (κ1) is 19.5. The van der Waals surface area contributed by atoms with Gasteiger partial charge in [0.2, 0.25) is 0 Å². The number of nitrogens with zero attached hydrogens (tertiary/aromatic N) is 1. The van der Waals surface area contributed by atoms with Crippen molar-refractivity contribution in [2.75, 3.05) is 19.6 Å². The van der Waals surface area contributed by atoms with Gasteiger partial charge in [-0.25, -0.2) is 8.78 Å².